The van der Waals surface area contributed by atoms with Gasteiger partial charge in [0.25, 0.3) is 5.91 Å². The van der Waals surface area contributed by atoms with Crippen LogP contribution in [0.3, 0.4) is 0 Å². The SMILES string of the molecule is Cc1cc(C(=O)N2CC3(CN(Cc4ccccc4)CC3C(=O)NC(C)C)C2)n[nH]1. The van der Waals surface area contributed by atoms with Crippen molar-refractivity contribution in [1.82, 2.24) is 25.3 Å². The molecule has 0 radical (unpaired) electrons. The third-order valence-electron chi connectivity index (χ3n) is 5.94. The molecule has 1 atom stereocenters. The lowest BCUT2D eigenvalue weighted by atomic mass is 9.71. The van der Waals surface area contributed by atoms with Crippen molar-refractivity contribution in [3.8, 4) is 0 Å². The number of carbonyl (C=O) groups excluding carboxylic acids is 2. The number of nitrogens with one attached hydrogen (secondary N) is 2. The van der Waals surface area contributed by atoms with Crippen LogP contribution in [0.4, 0.5) is 0 Å². The minimum Gasteiger partial charge on any atom is -0.354 e. The average Bonchev–Trinajstić information content (AvgIpc) is 3.24. The number of H-pyrrole nitrogens is 1. The summed E-state index contributed by atoms with van der Waals surface area (Å²) in [6, 6.07) is 12.2. The topological polar surface area (TPSA) is 81.3 Å². The molecule has 0 saturated carbocycles. The van der Waals surface area contributed by atoms with Crippen molar-refractivity contribution in [2.75, 3.05) is 26.2 Å². The van der Waals surface area contributed by atoms with Crippen molar-refractivity contribution in [1.29, 1.82) is 0 Å². The van der Waals surface area contributed by atoms with Crippen molar-refractivity contribution < 1.29 is 9.59 Å². The van der Waals surface area contributed by atoms with E-state index >= 15 is 0 Å². The standard InChI is InChI=1S/C22H29N5O2/c1-15(2)23-20(28)18-11-26(10-17-7-5-4-6-8-17)12-22(18)13-27(14-22)21(29)19-9-16(3)24-25-19/h4-9,15,18H,10-14H2,1-3H3,(H,23,28)(H,24,25). The van der Waals surface area contributed by atoms with Gasteiger partial charge in [-0.1, -0.05) is 30.3 Å². The highest BCUT2D eigenvalue weighted by molar-refractivity contribution is 5.93. The lowest BCUT2D eigenvalue weighted by Crippen LogP contribution is -2.64. The van der Waals surface area contributed by atoms with Crippen molar-refractivity contribution in [3.63, 3.8) is 0 Å². The Balaban J connectivity index is 1.48. The summed E-state index contributed by atoms with van der Waals surface area (Å²) in [5.41, 5.74) is 2.37. The zero-order valence-corrected chi connectivity index (χ0v) is 17.3. The van der Waals surface area contributed by atoms with Gasteiger partial charge in [0.2, 0.25) is 5.91 Å². The Kier molecular flexibility index (Phi) is 5.17. The highest BCUT2D eigenvalue weighted by Crippen LogP contribution is 2.45. The second-order valence-electron chi connectivity index (χ2n) is 8.83. The van der Waals surface area contributed by atoms with Gasteiger partial charge in [0.1, 0.15) is 5.69 Å². The second kappa shape index (κ2) is 7.63. The second-order valence-corrected chi connectivity index (χ2v) is 8.83. The number of rotatable bonds is 5. The molecule has 1 aromatic heterocycles. The molecule has 1 aromatic carbocycles. The summed E-state index contributed by atoms with van der Waals surface area (Å²) in [4.78, 5) is 29.9. The Labute approximate surface area is 171 Å². The molecule has 0 bridgehead atoms. The van der Waals surface area contributed by atoms with E-state index in [4.69, 9.17) is 0 Å². The minimum absolute atomic E-state index is 0.0653. The number of aromatic nitrogens is 2. The first kappa shape index (κ1) is 19.6. The Morgan fingerprint density at radius 2 is 1.97 bits per heavy atom. The van der Waals surface area contributed by atoms with Crippen LogP contribution < -0.4 is 5.32 Å². The first-order valence-electron chi connectivity index (χ1n) is 10.2. The van der Waals surface area contributed by atoms with Crippen molar-refractivity contribution in [3.05, 3.63) is 53.3 Å². The Morgan fingerprint density at radius 3 is 2.59 bits per heavy atom. The van der Waals surface area contributed by atoms with Crippen LogP contribution in [0.25, 0.3) is 0 Å². The van der Waals surface area contributed by atoms with Crippen LogP contribution in [0.2, 0.25) is 0 Å². The van der Waals surface area contributed by atoms with Crippen LogP contribution in [0.1, 0.15) is 35.6 Å². The predicted octanol–water partition coefficient (Wildman–Crippen LogP) is 1.82. The largest absolute Gasteiger partial charge is 0.354 e. The monoisotopic (exact) mass is 395 g/mol. The van der Waals surface area contributed by atoms with Gasteiger partial charge in [-0.05, 0) is 32.4 Å². The van der Waals surface area contributed by atoms with E-state index in [0.29, 0.717) is 18.8 Å². The molecule has 2 aromatic rings. The number of carbonyl (C=O) groups is 2. The molecule has 7 nitrogen and oxygen atoms in total. The van der Waals surface area contributed by atoms with Crippen molar-refractivity contribution in [2.24, 2.45) is 11.3 Å². The molecule has 4 rings (SSSR count). The van der Waals surface area contributed by atoms with Gasteiger partial charge >= 0.3 is 0 Å². The molecule has 1 spiro atoms. The van der Waals surface area contributed by atoms with Crippen LogP contribution in [-0.4, -0.2) is 64.0 Å². The van der Waals surface area contributed by atoms with E-state index in [0.717, 1.165) is 25.3 Å². The maximum atomic E-state index is 13.0. The average molecular weight is 396 g/mol. The summed E-state index contributed by atoms with van der Waals surface area (Å²) in [7, 11) is 0. The number of hydrogen-bond donors (Lipinski definition) is 2. The van der Waals surface area contributed by atoms with Gasteiger partial charge in [0, 0.05) is 49.9 Å². The zero-order chi connectivity index (χ0) is 20.6. The highest BCUT2D eigenvalue weighted by Gasteiger charge is 2.57. The molecule has 2 aliphatic heterocycles. The van der Waals surface area contributed by atoms with Gasteiger partial charge < -0.3 is 10.2 Å². The van der Waals surface area contributed by atoms with E-state index in [1.807, 2.05) is 43.9 Å². The number of benzene rings is 1. The van der Waals surface area contributed by atoms with Crippen LogP contribution in [0.15, 0.2) is 36.4 Å². The van der Waals surface area contributed by atoms with Gasteiger partial charge in [0.05, 0.1) is 5.92 Å². The molecule has 3 heterocycles. The predicted molar refractivity (Wildman–Crippen MR) is 110 cm³/mol. The smallest absolute Gasteiger partial charge is 0.274 e. The first-order valence-corrected chi connectivity index (χ1v) is 10.2. The van der Waals surface area contributed by atoms with Crippen LogP contribution in [0, 0.1) is 18.3 Å². The Bertz CT molecular complexity index is 886. The number of amides is 2. The maximum absolute atomic E-state index is 13.0. The lowest BCUT2D eigenvalue weighted by Gasteiger charge is -2.50. The summed E-state index contributed by atoms with van der Waals surface area (Å²) in [6.45, 7) is 9.40. The fraction of sp³-hybridized carbons (Fsp3) is 0.500. The van der Waals surface area contributed by atoms with Gasteiger partial charge in [-0.3, -0.25) is 19.6 Å². The fourth-order valence-corrected chi connectivity index (χ4v) is 4.65. The minimum atomic E-state index is -0.186. The molecule has 7 heteroatoms. The molecule has 2 saturated heterocycles. The maximum Gasteiger partial charge on any atom is 0.274 e. The number of likely N-dealkylation sites (tertiary alicyclic amines) is 2. The van der Waals surface area contributed by atoms with Gasteiger partial charge in [-0.25, -0.2) is 0 Å². The van der Waals surface area contributed by atoms with Crippen LogP contribution >= 0.6 is 0 Å². The summed E-state index contributed by atoms with van der Waals surface area (Å²) in [5, 5.41) is 10.0. The third kappa shape index (κ3) is 3.92. The molecular weight excluding hydrogens is 366 g/mol. The first-order chi connectivity index (χ1) is 13.9. The summed E-state index contributed by atoms with van der Waals surface area (Å²) in [6.07, 6.45) is 0. The van der Waals surface area contributed by atoms with E-state index in [9.17, 15) is 9.59 Å². The van der Waals surface area contributed by atoms with E-state index in [-0.39, 0.29) is 29.2 Å². The van der Waals surface area contributed by atoms with E-state index in [1.165, 1.54) is 5.56 Å². The normalized spacial score (nSPS) is 20.8. The van der Waals surface area contributed by atoms with Gasteiger partial charge in [0.15, 0.2) is 0 Å². The molecule has 2 aliphatic rings. The highest BCUT2D eigenvalue weighted by atomic mass is 16.2. The number of nitrogens with zero attached hydrogens (tertiary/aromatic N) is 3. The lowest BCUT2D eigenvalue weighted by molar-refractivity contribution is -0.131. The summed E-state index contributed by atoms with van der Waals surface area (Å²) in [5.74, 6) is -0.0821. The summed E-state index contributed by atoms with van der Waals surface area (Å²) < 4.78 is 0. The molecule has 154 valence electrons. The Hall–Kier alpha value is -2.67. The van der Waals surface area contributed by atoms with Gasteiger partial charge in [-0.15, -0.1) is 0 Å². The summed E-state index contributed by atoms with van der Waals surface area (Å²) >= 11 is 0. The van der Waals surface area contributed by atoms with E-state index in [2.05, 4.69) is 32.5 Å². The number of hydrogen-bond acceptors (Lipinski definition) is 4. The van der Waals surface area contributed by atoms with Crippen molar-refractivity contribution in [2.45, 2.75) is 33.4 Å². The molecular formula is C22H29N5O2. The Morgan fingerprint density at radius 1 is 1.24 bits per heavy atom. The molecule has 29 heavy (non-hydrogen) atoms. The van der Waals surface area contributed by atoms with E-state index in [1.54, 1.807) is 6.07 Å². The molecule has 1 unspecified atom stereocenters. The van der Waals surface area contributed by atoms with Gasteiger partial charge in [-0.2, -0.15) is 5.10 Å². The number of aryl methyl sites for hydroxylation is 1. The molecule has 2 fully saturated rings. The number of aromatic amines is 1. The zero-order valence-electron chi connectivity index (χ0n) is 17.3. The fourth-order valence-electron chi connectivity index (χ4n) is 4.65. The molecule has 2 N–H and O–H groups in total. The molecule has 0 aliphatic carbocycles. The molecule has 2 amide bonds. The quantitative estimate of drug-likeness (QED) is 0.809. The van der Waals surface area contributed by atoms with Crippen molar-refractivity contribution >= 4 is 11.8 Å². The van der Waals surface area contributed by atoms with Crippen LogP contribution in [0.5, 0.6) is 0 Å². The van der Waals surface area contributed by atoms with E-state index < -0.39 is 0 Å². The third-order valence-corrected chi connectivity index (χ3v) is 5.94. The van der Waals surface area contributed by atoms with Crippen LogP contribution in [-0.2, 0) is 11.3 Å².